The lowest BCUT2D eigenvalue weighted by atomic mass is 10.1. The molecule has 6 heteroatoms. The third-order valence-electron chi connectivity index (χ3n) is 4.56. The molecule has 5 nitrogen and oxygen atoms in total. The summed E-state index contributed by atoms with van der Waals surface area (Å²) in [5.41, 5.74) is 2.84. The molecule has 0 aliphatic carbocycles. The Hall–Kier alpha value is -2.09. The van der Waals surface area contributed by atoms with Gasteiger partial charge in [0.05, 0.1) is 13.0 Å². The summed E-state index contributed by atoms with van der Waals surface area (Å²) in [7, 11) is 1.62. The Bertz CT molecular complexity index is 820. The maximum Gasteiger partial charge on any atom is 0.229 e. The standard InChI is InChI=1S/C20H21IN2O3/c1-13-9-16(21)5-8-18(13)22-20(25)15-10-19(24)23(12-15)11-14-3-6-17(26-2)7-4-14/h3-9,15H,10-12H2,1-2H3,(H,22,25). The van der Waals surface area contributed by atoms with Crippen molar-refractivity contribution in [2.75, 3.05) is 19.0 Å². The molecule has 0 aromatic heterocycles. The predicted molar refractivity (Wildman–Crippen MR) is 109 cm³/mol. The first-order chi connectivity index (χ1) is 12.5. The molecule has 1 heterocycles. The molecule has 1 fully saturated rings. The van der Waals surface area contributed by atoms with Crippen LogP contribution in [0.25, 0.3) is 0 Å². The van der Waals surface area contributed by atoms with Gasteiger partial charge < -0.3 is 15.0 Å². The number of anilines is 1. The van der Waals surface area contributed by atoms with Crippen LogP contribution in [0.3, 0.4) is 0 Å². The molecule has 0 saturated carbocycles. The third-order valence-corrected chi connectivity index (χ3v) is 5.24. The van der Waals surface area contributed by atoms with Crippen LogP contribution in [0.4, 0.5) is 5.69 Å². The van der Waals surface area contributed by atoms with Gasteiger partial charge in [0.25, 0.3) is 0 Å². The fourth-order valence-corrected chi connectivity index (χ4v) is 3.70. The maximum absolute atomic E-state index is 12.6. The number of hydrogen-bond acceptors (Lipinski definition) is 3. The lowest BCUT2D eigenvalue weighted by Crippen LogP contribution is -2.28. The van der Waals surface area contributed by atoms with Gasteiger partial charge in [0, 0.05) is 28.8 Å². The van der Waals surface area contributed by atoms with Crippen molar-refractivity contribution in [3.8, 4) is 5.75 Å². The molecule has 2 aromatic carbocycles. The number of halogens is 1. The highest BCUT2D eigenvalue weighted by Gasteiger charge is 2.34. The smallest absolute Gasteiger partial charge is 0.229 e. The number of ether oxygens (including phenoxy) is 1. The zero-order valence-electron chi connectivity index (χ0n) is 14.8. The van der Waals surface area contributed by atoms with Crippen LogP contribution in [-0.2, 0) is 16.1 Å². The second kappa shape index (κ2) is 8.07. The van der Waals surface area contributed by atoms with Crippen molar-refractivity contribution < 1.29 is 14.3 Å². The number of rotatable bonds is 5. The number of amides is 2. The Morgan fingerprint density at radius 3 is 2.65 bits per heavy atom. The van der Waals surface area contributed by atoms with E-state index in [0.29, 0.717) is 13.1 Å². The Morgan fingerprint density at radius 2 is 2.00 bits per heavy atom. The van der Waals surface area contributed by atoms with Crippen molar-refractivity contribution in [1.82, 2.24) is 4.90 Å². The van der Waals surface area contributed by atoms with E-state index in [1.807, 2.05) is 49.4 Å². The van der Waals surface area contributed by atoms with E-state index >= 15 is 0 Å². The Kier molecular flexibility index (Phi) is 5.80. The van der Waals surface area contributed by atoms with Crippen LogP contribution < -0.4 is 10.1 Å². The number of carbonyl (C=O) groups is 2. The monoisotopic (exact) mass is 464 g/mol. The molecule has 0 radical (unpaired) electrons. The first kappa shape index (κ1) is 18.7. The van der Waals surface area contributed by atoms with Gasteiger partial charge >= 0.3 is 0 Å². The molecule has 0 bridgehead atoms. The van der Waals surface area contributed by atoms with E-state index in [0.717, 1.165) is 26.1 Å². The topological polar surface area (TPSA) is 58.6 Å². The molecular formula is C20H21IN2O3. The predicted octanol–water partition coefficient (Wildman–Crippen LogP) is 3.60. The molecule has 1 unspecified atom stereocenters. The molecule has 1 atom stereocenters. The number of carbonyl (C=O) groups excluding carboxylic acids is 2. The molecule has 1 N–H and O–H groups in total. The Morgan fingerprint density at radius 1 is 1.27 bits per heavy atom. The van der Waals surface area contributed by atoms with E-state index < -0.39 is 0 Å². The van der Waals surface area contributed by atoms with Gasteiger partial charge in [0.1, 0.15) is 5.75 Å². The number of nitrogens with one attached hydrogen (secondary N) is 1. The summed E-state index contributed by atoms with van der Waals surface area (Å²) < 4.78 is 6.27. The van der Waals surface area contributed by atoms with Gasteiger partial charge in [-0.15, -0.1) is 0 Å². The van der Waals surface area contributed by atoms with Crippen LogP contribution in [0, 0.1) is 16.4 Å². The van der Waals surface area contributed by atoms with Crippen LogP contribution in [0.15, 0.2) is 42.5 Å². The van der Waals surface area contributed by atoms with Gasteiger partial charge in [-0.2, -0.15) is 0 Å². The molecule has 2 amide bonds. The summed E-state index contributed by atoms with van der Waals surface area (Å²) in [5, 5.41) is 2.96. The SMILES string of the molecule is COc1ccc(CN2CC(C(=O)Nc3ccc(I)cc3C)CC2=O)cc1. The average Bonchev–Trinajstić information content (AvgIpc) is 2.99. The van der Waals surface area contributed by atoms with E-state index in [4.69, 9.17) is 4.74 Å². The van der Waals surface area contributed by atoms with Gasteiger partial charge in [-0.1, -0.05) is 12.1 Å². The summed E-state index contributed by atoms with van der Waals surface area (Å²) in [4.78, 5) is 26.6. The number of benzene rings is 2. The van der Waals surface area contributed by atoms with Gasteiger partial charge in [-0.3, -0.25) is 9.59 Å². The zero-order valence-corrected chi connectivity index (χ0v) is 16.9. The molecule has 1 saturated heterocycles. The van der Waals surface area contributed by atoms with Crippen molar-refractivity contribution in [1.29, 1.82) is 0 Å². The second-order valence-corrected chi connectivity index (χ2v) is 7.72. The highest BCUT2D eigenvalue weighted by molar-refractivity contribution is 14.1. The van der Waals surface area contributed by atoms with Crippen molar-refractivity contribution in [3.05, 3.63) is 57.2 Å². The minimum absolute atomic E-state index is 0.0142. The number of aryl methyl sites for hydroxylation is 1. The zero-order chi connectivity index (χ0) is 18.7. The molecule has 26 heavy (non-hydrogen) atoms. The summed E-state index contributed by atoms with van der Waals surface area (Å²) in [6.07, 6.45) is 0.255. The summed E-state index contributed by atoms with van der Waals surface area (Å²) in [6, 6.07) is 13.5. The summed E-state index contributed by atoms with van der Waals surface area (Å²) in [5.74, 6) is 0.381. The molecule has 3 rings (SSSR count). The number of hydrogen-bond donors (Lipinski definition) is 1. The number of nitrogens with zero attached hydrogens (tertiary/aromatic N) is 1. The van der Waals surface area contributed by atoms with Crippen molar-refractivity contribution >= 4 is 40.1 Å². The van der Waals surface area contributed by atoms with Crippen LogP contribution in [0.1, 0.15) is 17.5 Å². The van der Waals surface area contributed by atoms with E-state index in [1.54, 1.807) is 12.0 Å². The van der Waals surface area contributed by atoms with Crippen LogP contribution in [0.5, 0.6) is 5.75 Å². The van der Waals surface area contributed by atoms with Crippen LogP contribution in [0.2, 0.25) is 0 Å². The fraction of sp³-hybridized carbons (Fsp3) is 0.300. The lowest BCUT2D eigenvalue weighted by molar-refractivity contribution is -0.128. The lowest BCUT2D eigenvalue weighted by Gasteiger charge is -2.17. The van der Waals surface area contributed by atoms with Crippen LogP contribution in [-0.4, -0.2) is 30.4 Å². The van der Waals surface area contributed by atoms with Gasteiger partial charge in [-0.05, 0) is 71.0 Å². The molecular weight excluding hydrogens is 443 g/mol. The van der Waals surface area contributed by atoms with E-state index in [2.05, 4.69) is 27.9 Å². The van der Waals surface area contributed by atoms with E-state index in [1.165, 1.54) is 0 Å². The molecule has 2 aromatic rings. The molecule has 0 spiro atoms. The molecule has 1 aliphatic rings. The Labute approximate surface area is 166 Å². The third kappa shape index (κ3) is 4.35. The first-order valence-corrected chi connectivity index (χ1v) is 9.52. The summed E-state index contributed by atoms with van der Waals surface area (Å²) in [6.45, 7) is 2.92. The van der Waals surface area contributed by atoms with E-state index in [-0.39, 0.29) is 24.2 Å². The highest BCUT2D eigenvalue weighted by atomic mass is 127. The Balaban J connectivity index is 1.61. The minimum Gasteiger partial charge on any atom is -0.497 e. The number of methoxy groups -OCH3 is 1. The highest BCUT2D eigenvalue weighted by Crippen LogP contribution is 2.24. The normalized spacial score (nSPS) is 16.7. The molecule has 1 aliphatic heterocycles. The average molecular weight is 464 g/mol. The summed E-state index contributed by atoms with van der Waals surface area (Å²) >= 11 is 2.24. The van der Waals surface area contributed by atoms with Crippen molar-refractivity contribution in [3.63, 3.8) is 0 Å². The molecule has 136 valence electrons. The van der Waals surface area contributed by atoms with Crippen molar-refractivity contribution in [2.45, 2.75) is 19.9 Å². The van der Waals surface area contributed by atoms with Gasteiger partial charge in [-0.25, -0.2) is 0 Å². The quantitative estimate of drug-likeness (QED) is 0.689. The van der Waals surface area contributed by atoms with Crippen molar-refractivity contribution in [2.24, 2.45) is 5.92 Å². The maximum atomic E-state index is 12.6. The largest absolute Gasteiger partial charge is 0.497 e. The van der Waals surface area contributed by atoms with Gasteiger partial charge in [0.2, 0.25) is 11.8 Å². The van der Waals surface area contributed by atoms with Gasteiger partial charge in [0.15, 0.2) is 0 Å². The minimum atomic E-state index is -0.320. The van der Waals surface area contributed by atoms with Crippen LogP contribution >= 0.6 is 22.6 Å². The first-order valence-electron chi connectivity index (χ1n) is 8.44. The fourth-order valence-electron chi connectivity index (χ4n) is 3.05. The second-order valence-electron chi connectivity index (χ2n) is 6.47. The van der Waals surface area contributed by atoms with E-state index in [9.17, 15) is 9.59 Å². The number of likely N-dealkylation sites (tertiary alicyclic amines) is 1.